The van der Waals surface area contributed by atoms with Gasteiger partial charge in [-0.15, -0.1) is 0 Å². The molecule has 0 amide bonds. The lowest BCUT2D eigenvalue weighted by atomic mass is 10.0. The highest BCUT2D eigenvalue weighted by atomic mass is 79.9. The zero-order chi connectivity index (χ0) is 14.0. The zero-order valence-electron chi connectivity index (χ0n) is 11.2. The van der Waals surface area contributed by atoms with Crippen molar-refractivity contribution < 1.29 is 9.84 Å². The van der Waals surface area contributed by atoms with E-state index >= 15 is 0 Å². The number of rotatable bonds is 4. The van der Waals surface area contributed by atoms with E-state index in [9.17, 15) is 5.11 Å². The molecule has 1 aromatic carbocycles. The second kappa shape index (κ2) is 5.75. The molecule has 1 unspecified atom stereocenters. The highest BCUT2D eigenvalue weighted by Gasteiger charge is 2.22. The molecule has 0 spiro atoms. The van der Waals surface area contributed by atoms with Crippen LogP contribution in [0.25, 0.3) is 0 Å². The molecule has 19 heavy (non-hydrogen) atoms. The third-order valence-corrected chi connectivity index (χ3v) is 3.76. The van der Waals surface area contributed by atoms with Crippen molar-refractivity contribution in [1.29, 1.82) is 0 Å². The van der Waals surface area contributed by atoms with Gasteiger partial charge in [0, 0.05) is 16.6 Å². The first-order chi connectivity index (χ1) is 9.08. The average Bonchev–Trinajstić information content (AvgIpc) is 2.80. The van der Waals surface area contributed by atoms with Crippen LogP contribution in [0.5, 0.6) is 5.75 Å². The van der Waals surface area contributed by atoms with Gasteiger partial charge in [0.1, 0.15) is 11.8 Å². The first kappa shape index (κ1) is 14.1. The van der Waals surface area contributed by atoms with Gasteiger partial charge in [-0.3, -0.25) is 4.68 Å². The smallest absolute Gasteiger partial charge is 0.163 e. The van der Waals surface area contributed by atoms with Gasteiger partial charge in [-0.25, -0.2) is 0 Å². The Balaban J connectivity index is 2.48. The average molecular weight is 325 g/mol. The molecule has 0 aliphatic rings. The van der Waals surface area contributed by atoms with Gasteiger partial charge in [0.05, 0.1) is 13.3 Å². The van der Waals surface area contributed by atoms with E-state index in [1.54, 1.807) is 18.0 Å². The summed E-state index contributed by atoms with van der Waals surface area (Å²) in [6.45, 7) is 4.67. The molecule has 1 atom stereocenters. The van der Waals surface area contributed by atoms with Gasteiger partial charge in [-0.1, -0.05) is 28.1 Å². The number of ether oxygens (including phenoxy) is 1. The highest BCUT2D eigenvalue weighted by Crippen LogP contribution is 2.33. The van der Waals surface area contributed by atoms with E-state index in [2.05, 4.69) is 21.0 Å². The van der Waals surface area contributed by atoms with Crippen LogP contribution in [0.1, 0.15) is 29.8 Å². The number of benzene rings is 1. The fourth-order valence-corrected chi connectivity index (χ4v) is 2.77. The molecule has 0 saturated carbocycles. The monoisotopic (exact) mass is 324 g/mol. The minimum Gasteiger partial charge on any atom is -0.493 e. The number of aliphatic hydroxyl groups is 1. The maximum Gasteiger partial charge on any atom is 0.163 e. The van der Waals surface area contributed by atoms with Crippen molar-refractivity contribution in [3.05, 3.63) is 45.7 Å². The van der Waals surface area contributed by atoms with Crippen LogP contribution in [0.3, 0.4) is 0 Å². The van der Waals surface area contributed by atoms with E-state index < -0.39 is 6.10 Å². The Morgan fingerprint density at radius 1 is 1.47 bits per heavy atom. The maximum atomic E-state index is 10.6. The number of aliphatic hydroxyl groups excluding tert-OH is 1. The van der Waals surface area contributed by atoms with E-state index in [0.717, 1.165) is 15.6 Å². The molecule has 1 aromatic heterocycles. The number of aromatic nitrogens is 2. The Bertz CT molecular complexity index is 559. The van der Waals surface area contributed by atoms with Gasteiger partial charge in [-0.2, -0.15) is 5.10 Å². The van der Waals surface area contributed by atoms with Crippen LogP contribution in [0.15, 0.2) is 28.9 Å². The third-order valence-electron chi connectivity index (χ3n) is 3.07. The van der Waals surface area contributed by atoms with Gasteiger partial charge in [-0.05, 0) is 25.5 Å². The summed E-state index contributed by atoms with van der Waals surface area (Å²) in [6.07, 6.45) is 0.858. The van der Waals surface area contributed by atoms with Gasteiger partial charge in [0.25, 0.3) is 0 Å². The molecule has 0 aliphatic heterocycles. The van der Waals surface area contributed by atoms with Gasteiger partial charge >= 0.3 is 0 Å². The van der Waals surface area contributed by atoms with Crippen molar-refractivity contribution in [3.63, 3.8) is 0 Å². The summed E-state index contributed by atoms with van der Waals surface area (Å²) in [6, 6.07) is 5.87. The van der Waals surface area contributed by atoms with E-state index in [4.69, 9.17) is 4.74 Å². The Kier molecular flexibility index (Phi) is 4.27. The van der Waals surface area contributed by atoms with E-state index in [-0.39, 0.29) is 0 Å². The van der Waals surface area contributed by atoms with Crippen LogP contribution in [0.4, 0.5) is 0 Å². The van der Waals surface area contributed by atoms with Gasteiger partial charge in [0.2, 0.25) is 0 Å². The molecule has 4 nitrogen and oxygen atoms in total. The minimum absolute atomic E-state index is 0.599. The molecule has 0 radical (unpaired) electrons. The topological polar surface area (TPSA) is 47.3 Å². The molecule has 2 aromatic rings. The van der Waals surface area contributed by atoms with E-state index in [1.807, 2.05) is 32.0 Å². The summed E-state index contributed by atoms with van der Waals surface area (Å²) >= 11 is 3.50. The third kappa shape index (κ3) is 2.67. The maximum absolute atomic E-state index is 10.6. The van der Waals surface area contributed by atoms with Gasteiger partial charge in [0.15, 0.2) is 5.75 Å². The van der Waals surface area contributed by atoms with Crippen LogP contribution in [-0.4, -0.2) is 22.0 Å². The number of methoxy groups -OCH3 is 1. The number of halogens is 1. The molecule has 102 valence electrons. The lowest BCUT2D eigenvalue weighted by molar-refractivity contribution is 0.202. The summed E-state index contributed by atoms with van der Waals surface area (Å²) in [5, 5.41) is 14.8. The van der Waals surface area contributed by atoms with E-state index in [0.29, 0.717) is 18.0 Å². The molecule has 5 heteroatoms. The molecule has 1 heterocycles. The largest absolute Gasteiger partial charge is 0.493 e. The molecule has 1 N–H and O–H groups in total. The number of hydrogen-bond acceptors (Lipinski definition) is 3. The summed E-state index contributed by atoms with van der Waals surface area (Å²) in [5.74, 6) is 0.599. The number of aryl methyl sites for hydroxylation is 2. The summed E-state index contributed by atoms with van der Waals surface area (Å²) in [5.41, 5.74) is 2.62. The zero-order valence-corrected chi connectivity index (χ0v) is 12.8. The molecule has 0 bridgehead atoms. The number of nitrogens with zero attached hydrogens (tertiary/aromatic N) is 2. The minimum atomic E-state index is -0.771. The van der Waals surface area contributed by atoms with Crippen LogP contribution >= 0.6 is 15.9 Å². The standard InChI is InChI=1S/C14H17BrN2O2/c1-4-17-13(12(19-3)8-16-17)14(18)10-6-5-9(2)7-11(10)15/h5-8,14,18H,4H2,1-3H3. The highest BCUT2D eigenvalue weighted by molar-refractivity contribution is 9.10. The first-order valence-corrected chi connectivity index (χ1v) is 6.91. The van der Waals surface area contributed by atoms with Crippen molar-refractivity contribution in [2.24, 2.45) is 0 Å². The SMILES string of the molecule is CCn1ncc(OC)c1C(O)c1ccc(C)cc1Br. The predicted molar refractivity (Wildman–Crippen MR) is 77.4 cm³/mol. The Morgan fingerprint density at radius 3 is 2.79 bits per heavy atom. The van der Waals surface area contributed by atoms with Gasteiger partial charge < -0.3 is 9.84 Å². The van der Waals surface area contributed by atoms with Crippen molar-refractivity contribution >= 4 is 15.9 Å². The fraction of sp³-hybridized carbons (Fsp3) is 0.357. The summed E-state index contributed by atoms with van der Waals surface area (Å²) in [4.78, 5) is 0. The Morgan fingerprint density at radius 2 is 2.21 bits per heavy atom. The fourth-order valence-electron chi connectivity index (χ4n) is 2.06. The van der Waals surface area contributed by atoms with Crippen molar-refractivity contribution in [2.75, 3.05) is 7.11 Å². The Labute approximate surface area is 121 Å². The normalized spacial score (nSPS) is 12.5. The van der Waals surface area contributed by atoms with Crippen molar-refractivity contribution in [2.45, 2.75) is 26.5 Å². The summed E-state index contributed by atoms with van der Waals surface area (Å²) < 4.78 is 7.90. The lowest BCUT2D eigenvalue weighted by Gasteiger charge is -2.16. The van der Waals surface area contributed by atoms with Crippen LogP contribution in [-0.2, 0) is 6.54 Å². The number of hydrogen-bond donors (Lipinski definition) is 1. The molecule has 0 aliphatic carbocycles. The predicted octanol–water partition coefficient (Wildman–Crippen LogP) is 3.06. The van der Waals surface area contributed by atoms with Crippen LogP contribution in [0, 0.1) is 6.92 Å². The first-order valence-electron chi connectivity index (χ1n) is 6.12. The lowest BCUT2D eigenvalue weighted by Crippen LogP contribution is -2.10. The molecule has 0 saturated heterocycles. The second-order valence-electron chi connectivity index (χ2n) is 4.34. The van der Waals surface area contributed by atoms with Crippen LogP contribution in [0.2, 0.25) is 0 Å². The van der Waals surface area contributed by atoms with Crippen molar-refractivity contribution in [1.82, 2.24) is 9.78 Å². The quantitative estimate of drug-likeness (QED) is 0.940. The molecule has 2 rings (SSSR count). The molecular weight excluding hydrogens is 308 g/mol. The van der Waals surface area contributed by atoms with Crippen molar-refractivity contribution in [3.8, 4) is 5.75 Å². The Hall–Kier alpha value is -1.33. The molecule has 0 fully saturated rings. The van der Waals surface area contributed by atoms with E-state index in [1.165, 1.54) is 0 Å². The summed E-state index contributed by atoms with van der Waals surface area (Å²) in [7, 11) is 1.58. The van der Waals surface area contributed by atoms with Crippen LogP contribution < -0.4 is 4.74 Å². The molecular formula is C14H17BrN2O2. The second-order valence-corrected chi connectivity index (χ2v) is 5.20.